The molecule has 1 N–H and O–H groups in total. The molecule has 0 saturated carbocycles. The van der Waals surface area contributed by atoms with Crippen LogP contribution in [-0.2, 0) is 0 Å². The molecule has 1 aromatic carbocycles. The smallest absolute Gasteiger partial charge is 0.252 e. The van der Waals surface area contributed by atoms with E-state index >= 15 is 0 Å². The number of carbonyl (C=O) groups excluding carboxylic acids is 1. The van der Waals surface area contributed by atoms with Crippen LogP contribution in [0.15, 0.2) is 30.3 Å². The summed E-state index contributed by atoms with van der Waals surface area (Å²) in [5.74, 6) is 2.40. The standard InChI is InChI=1S/C16H15ClN2O/c1-3-7-11(4-2)18-16(20)13-10-15(17)19-14-9-6-5-8-12(13)14/h1,5-6,8-11H,4,7H2,2H3,(H,18,20). The number of carbonyl (C=O) groups is 1. The molecule has 0 radical (unpaired) electrons. The van der Waals surface area contributed by atoms with Gasteiger partial charge in [-0.05, 0) is 18.6 Å². The molecule has 1 atom stereocenters. The number of aromatic nitrogens is 1. The van der Waals surface area contributed by atoms with Gasteiger partial charge in [0.05, 0.1) is 11.1 Å². The van der Waals surface area contributed by atoms with E-state index in [1.165, 1.54) is 0 Å². The van der Waals surface area contributed by atoms with E-state index < -0.39 is 0 Å². The van der Waals surface area contributed by atoms with Gasteiger partial charge in [-0.3, -0.25) is 4.79 Å². The van der Waals surface area contributed by atoms with E-state index in [0.717, 1.165) is 11.8 Å². The van der Waals surface area contributed by atoms with Crippen LogP contribution < -0.4 is 5.32 Å². The molecular weight excluding hydrogens is 272 g/mol. The third kappa shape index (κ3) is 3.09. The summed E-state index contributed by atoms with van der Waals surface area (Å²) in [6.45, 7) is 1.99. The Labute approximate surface area is 123 Å². The van der Waals surface area contributed by atoms with Crippen LogP contribution in [0, 0.1) is 12.3 Å². The first-order valence-corrected chi connectivity index (χ1v) is 6.83. The van der Waals surface area contributed by atoms with Crippen LogP contribution in [-0.4, -0.2) is 16.9 Å². The molecule has 2 rings (SSSR count). The molecule has 3 nitrogen and oxygen atoms in total. The van der Waals surface area contributed by atoms with Gasteiger partial charge in [0.2, 0.25) is 0 Å². The number of hydrogen-bond donors (Lipinski definition) is 1. The van der Waals surface area contributed by atoms with Crippen LogP contribution in [0.5, 0.6) is 0 Å². The molecule has 1 amide bonds. The predicted octanol–water partition coefficient (Wildman–Crippen LogP) is 3.42. The highest BCUT2D eigenvalue weighted by Gasteiger charge is 2.15. The van der Waals surface area contributed by atoms with Gasteiger partial charge in [0.1, 0.15) is 5.15 Å². The highest BCUT2D eigenvalue weighted by Crippen LogP contribution is 2.21. The third-order valence-electron chi connectivity index (χ3n) is 3.12. The second kappa shape index (κ2) is 6.40. The van der Waals surface area contributed by atoms with E-state index in [9.17, 15) is 4.79 Å². The Bertz CT molecular complexity index is 676. The average Bonchev–Trinajstić information content (AvgIpc) is 2.45. The third-order valence-corrected chi connectivity index (χ3v) is 3.32. The van der Waals surface area contributed by atoms with Crippen molar-refractivity contribution in [1.82, 2.24) is 10.3 Å². The van der Waals surface area contributed by atoms with Gasteiger partial charge in [-0.2, -0.15) is 0 Å². The molecule has 0 fully saturated rings. The topological polar surface area (TPSA) is 42.0 Å². The maximum Gasteiger partial charge on any atom is 0.252 e. The Hall–Kier alpha value is -2.05. The molecule has 1 aromatic heterocycles. The monoisotopic (exact) mass is 286 g/mol. The van der Waals surface area contributed by atoms with E-state index in [1.54, 1.807) is 6.07 Å². The van der Waals surface area contributed by atoms with Crippen LogP contribution in [0.1, 0.15) is 30.1 Å². The molecule has 2 aromatic rings. The van der Waals surface area contributed by atoms with Crippen molar-refractivity contribution in [1.29, 1.82) is 0 Å². The van der Waals surface area contributed by atoms with Crippen molar-refractivity contribution >= 4 is 28.4 Å². The molecule has 0 aliphatic carbocycles. The minimum atomic E-state index is -0.174. The first kappa shape index (κ1) is 14.4. The fourth-order valence-corrected chi connectivity index (χ4v) is 2.23. The SMILES string of the molecule is C#CCC(CC)NC(=O)c1cc(Cl)nc2ccccc12. The lowest BCUT2D eigenvalue weighted by atomic mass is 10.1. The van der Waals surface area contributed by atoms with E-state index in [1.807, 2.05) is 31.2 Å². The maximum atomic E-state index is 12.4. The van der Waals surface area contributed by atoms with Gasteiger partial charge >= 0.3 is 0 Å². The number of nitrogens with zero attached hydrogens (tertiary/aromatic N) is 1. The molecule has 102 valence electrons. The average molecular weight is 287 g/mol. The number of nitrogens with one attached hydrogen (secondary N) is 1. The van der Waals surface area contributed by atoms with Gasteiger partial charge in [0.25, 0.3) is 5.91 Å². The number of fused-ring (bicyclic) bond motifs is 1. The number of pyridine rings is 1. The van der Waals surface area contributed by atoms with Gasteiger partial charge in [-0.15, -0.1) is 12.3 Å². The van der Waals surface area contributed by atoms with Crippen molar-refractivity contribution in [2.75, 3.05) is 0 Å². The maximum absolute atomic E-state index is 12.4. The zero-order valence-corrected chi connectivity index (χ0v) is 11.9. The summed E-state index contributed by atoms with van der Waals surface area (Å²) in [4.78, 5) is 16.6. The molecule has 0 aliphatic heterocycles. The molecule has 0 saturated heterocycles. The van der Waals surface area contributed by atoms with Crippen molar-refractivity contribution in [3.8, 4) is 12.3 Å². The van der Waals surface area contributed by atoms with Crippen LogP contribution in [0.4, 0.5) is 0 Å². The summed E-state index contributed by atoms with van der Waals surface area (Å²) in [5, 5.41) is 4.02. The lowest BCUT2D eigenvalue weighted by Crippen LogP contribution is -2.34. The number of para-hydroxylation sites is 1. The summed E-state index contributed by atoms with van der Waals surface area (Å²) in [5.41, 5.74) is 1.23. The van der Waals surface area contributed by atoms with E-state index in [4.69, 9.17) is 18.0 Å². The largest absolute Gasteiger partial charge is 0.348 e. The lowest BCUT2D eigenvalue weighted by molar-refractivity contribution is 0.0938. The van der Waals surface area contributed by atoms with E-state index in [2.05, 4.69) is 16.2 Å². The van der Waals surface area contributed by atoms with Crippen molar-refractivity contribution in [3.63, 3.8) is 0 Å². The lowest BCUT2D eigenvalue weighted by Gasteiger charge is -2.15. The highest BCUT2D eigenvalue weighted by atomic mass is 35.5. The molecule has 4 heteroatoms. The van der Waals surface area contributed by atoms with Crippen LogP contribution in [0.2, 0.25) is 5.15 Å². The minimum Gasteiger partial charge on any atom is -0.348 e. The number of terminal acetylenes is 1. The molecule has 0 aliphatic rings. The predicted molar refractivity (Wildman–Crippen MR) is 81.7 cm³/mol. The van der Waals surface area contributed by atoms with Gasteiger partial charge in [0.15, 0.2) is 0 Å². The number of hydrogen-bond acceptors (Lipinski definition) is 2. The van der Waals surface area contributed by atoms with Gasteiger partial charge in [-0.25, -0.2) is 4.98 Å². The fraction of sp³-hybridized carbons (Fsp3) is 0.250. The fourth-order valence-electron chi connectivity index (χ4n) is 2.03. The number of halogens is 1. The Balaban J connectivity index is 2.37. The number of rotatable bonds is 4. The van der Waals surface area contributed by atoms with Gasteiger partial charge < -0.3 is 5.32 Å². The van der Waals surface area contributed by atoms with Crippen molar-refractivity contribution < 1.29 is 4.79 Å². The minimum absolute atomic E-state index is 0.0294. The number of benzene rings is 1. The Morgan fingerprint density at radius 2 is 2.25 bits per heavy atom. The molecule has 0 bridgehead atoms. The van der Waals surface area contributed by atoms with Gasteiger partial charge in [0, 0.05) is 17.8 Å². The second-order valence-corrected chi connectivity index (χ2v) is 4.88. The zero-order chi connectivity index (χ0) is 14.5. The first-order valence-electron chi connectivity index (χ1n) is 6.45. The molecular formula is C16H15ClN2O. The van der Waals surface area contributed by atoms with Gasteiger partial charge in [-0.1, -0.05) is 36.7 Å². The summed E-state index contributed by atoms with van der Waals surface area (Å²) in [6.07, 6.45) is 6.60. The first-order chi connectivity index (χ1) is 9.65. The van der Waals surface area contributed by atoms with E-state index in [0.29, 0.717) is 22.7 Å². The van der Waals surface area contributed by atoms with Crippen LogP contribution >= 0.6 is 11.6 Å². The molecule has 1 unspecified atom stereocenters. The van der Waals surface area contributed by atoms with Crippen molar-refractivity contribution in [2.45, 2.75) is 25.8 Å². The number of amides is 1. The molecule has 1 heterocycles. The van der Waals surface area contributed by atoms with Crippen LogP contribution in [0.25, 0.3) is 10.9 Å². The second-order valence-electron chi connectivity index (χ2n) is 4.50. The quantitative estimate of drug-likeness (QED) is 0.691. The summed E-state index contributed by atoms with van der Waals surface area (Å²) in [7, 11) is 0. The Kier molecular flexibility index (Phi) is 4.60. The van der Waals surface area contributed by atoms with E-state index in [-0.39, 0.29) is 11.9 Å². The summed E-state index contributed by atoms with van der Waals surface area (Å²) in [6, 6.07) is 8.97. The van der Waals surface area contributed by atoms with Crippen molar-refractivity contribution in [2.24, 2.45) is 0 Å². The summed E-state index contributed by atoms with van der Waals surface area (Å²) >= 11 is 5.98. The Morgan fingerprint density at radius 3 is 2.95 bits per heavy atom. The normalized spacial score (nSPS) is 11.8. The van der Waals surface area contributed by atoms with Crippen molar-refractivity contribution in [3.05, 3.63) is 41.0 Å². The Morgan fingerprint density at radius 1 is 1.50 bits per heavy atom. The molecule has 0 spiro atoms. The highest BCUT2D eigenvalue weighted by molar-refractivity contribution is 6.30. The van der Waals surface area contributed by atoms with Crippen LogP contribution in [0.3, 0.4) is 0 Å². The zero-order valence-electron chi connectivity index (χ0n) is 11.2. The molecule has 20 heavy (non-hydrogen) atoms. The summed E-state index contributed by atoms with van der Waals surface area (Å²) < 4.78 is 0.